The molecule has 0 saturated carbocycles. The Hall–Kier alpha value is -0.920. The van der Waals surface area contributed by atoms with E-state index in [9.17, 15) is 13.2 Å². The Labute approximate surface area is 146 Å². The molecule has 5 nitrogen and oxygen atoms in total. The van der Waals surface area contributed by atoms with Crippen molar-refractivity contribution in [3.8, 4) is 0 Å². The van der Waals surface area contributed by atoms with E-state index in [4.69, 9.17) is 4.74 Å². The van der Waals surface area contributed by atoms with Crippen molar-refractivity contribution in [2.75, 3.05) is 31.2 Å². The number of sulfone groups is 1. The van der Waals surface area contributed by atoms with Crippen LogP contribution in [0.2, 0.25) is 0 Å². The fraction of sp³-hybridized carbons (Fsp3) is 0.706. The van der Waals surface area contributed by atoms with E-state index >= 15 is 0 Å². The van der Waals surface area contributed by atoms with Crippen molar-refractivity contribution in [2.24, 2.45) is 5.92 Å². The molecule has 0 aliphatic carbocycles. The molecule has 0 unspecified atom stereocenters. The third-order valence-corrected chi connectivity index (χ3v) is 8.55. The van der Waals surface area contributed by atoms with Gasteiger partial charge in [0.05, 0.1) is 18.1 Å². The molecule has 4 rings (SSSR count). The highest BCUT2D eigenvalue weighted by atomic mass is 32.2. The molecule has 1 amide bonds. The highest BCUT2D eigenvalue weighted by Gasteiger charge is 2.43. The zero-order valence-electron chi connectivity index (χ0n) is 13.7. The molecule has 0 aromatic carbocycles. The largest absolute Gasteiger partial charge is 0.369 e. The summed E-state index contributed by atoms with van der Waals surface area (Å²) in [5.74, 6) is 0.334. The van der Waals surface area contributed by atoms with Crippen molar-refractivity contribution < 1.29 is 17.9 Å². The first-order valence-electron chi connectivity index (χ1n) is 8.69. The quantitative estimate of drug-likeness (QED) is 0.759. The number of hydrogen-bond donors (Lipinski definition) is 0. The van der Waals surface area contributed by atoms with E-state index in [0.29, 0.717) is 25.9 Å². The van der Waals surface area contributed by atoms with Crippen LogP contribution in [-0.2, 0) is 31.4 Å². The van der Waals surface area contributed by atoms with Crippen molar-refractivity contribution in [1.82, 2.24) is 4.90 Å². The topological polar surface area (TPSA) is 63.7 Å². The Morgan fingerprint density at radius 3 is 2.67 bits per heavy atom. The van der Waals surface area contributed by atoms with Crippen LogP contribution in [0.15, 0.2) is 11.4 Å². The molecule has 2 fully saturated rings. The number of fused-ring (bicyclic) bond motifs is 2. The Morgan fingerprint density at radius 1 is 1.25 bits per heavy atom. The third kappa shape index (κ3) is 2.91. The van der Waals surface area contributed by atoms with E-state index in [1.807, 2.05) is 4.90 Å². The van der Waals surface area contributed by atoms with E-state index in [1.54, 1.807) is 11.3 Å². The van der Waals surface area contributed by atoms with Crippen molar-refractivity contribution in [1.29, 1.82) is 0 Å². The lowest BCUT2D eigenvalue weighted by molar-refractivity contribution is -0.144. The maximum atomic E-state index is 12.7. The molecule has 2 saturated heterocycles. The monoisotopic (exact) mass is 369 g/mol. The molecular formula is C17H23NO4S2. The standard InChI is InChI=1S/C17H23NO4S2/c19-16(14-3-11-24(20,21)12-4-14)18-7-5-17(6-8-18)15-13(1-9-22-17)2-10-23-15/h2,10,14H,1,3-9,11-12H2. The maximum absolute atomic E-state index is 12.7. The van der Waals surface area contributed by atoms with Crippen molar-refractivity contribution in [3.05, 3.63) is 21.9 Å². The average molecular weight is 370 g/mol. The number of ether oxygens (including phenoxy) is 1. The van der Waals surface area contributed by atoms with Crippen LogP contribution in [0, 0.1) is 5.92 Å². The van der Waals surface area contributed by atoms with Gasteiger partial charge in [0.15, 0.2) is 0 Å². The van der Waals surface area contributed by atoms with E-state index in [0.717, 1.165) is 25.9 Å². The fourth-order valence-corrected chi connectivity index (χ4v) is 6.87. The van der Waals surface area contributed by atoms with Crippen LogP contribution < -0.4 is 0 Å². The van der Waals surface area contributed by atoms with Gasteiger partial charge < -0.3 is 9.64 Å². The summed E-state index contributed by atoms with van der Waals surface area (Å²) in [6.07, 6.45) is 3.64. The summed E-state index contributed by atoms with van der Waals surface area (Å²) in [5, 5.41) is 2.14. The number of piperidine rings is 1. The Balaban J connectivity index is 1.41. The van der Waals surface area contributed by atoms with Gasteiger partial charge in [-0.15, -0.1) is 11.3 Å². The molecule has 0 radical (unpaired) electrons. The smallest absolute Gasteiger partial charge is 0.225 e. The van der Waals surface area contributed by atoms with Crippen molar-refractivity contribution in [2.45, 2.75) is 37.7 Å². The van der Waals surface area contributed by atoms with Crippen LogP contribution in [0.3, 0.4) is 0 Å². The average Bonchev–Trinajstić information content (AvgIpc) is 3.05. The van der Waals surface area contributed by atoms with Gasteiger partial charge in [-0.3, -0.25) is 4.79 Å². The van der Waals surface area contributed by atoms with Crippen LogP contribution in [-0.4, -0.2) is 50.4 Å². The molecule has 24 heavy (non-hydrogen) atoms. The van der Waals surface area contributed by atoms with Gasteiger partial charge in [0.25, 0.3) is 0 Å². The molecule has 1 spiro atoms. The minimum Gasteiger partial charge on any atom is -0.369 e. The van der Waals surface area contributed by atoms with E-state index in [-0.39, 0.29) is 28.9 Å². The molecule has 132 valence electrons. The van der Waals surface area contributed by atoms with Gasteiger partial charge in [-0.1, -0.05) is 0 Å². The lowest BCUT2D eigenvalue weighted by atomic mass is 9.85. The normalized spacial score (nSPS) is 26.2. The lowest BCUT2D eigenvalue weighted by Crippen LogP contribution is -2.50. The summed E-state index contributed by atoms with van der Waals surface area (Å²) < 4.78 is 29.3. The zero-order valence-corrected chi connectivity index (χ0v) is 15.3. The number of hydrogen-bond acceptors (Lipinski definition) is 5. The summed E-state index contributed by atoms with van der Waals surface area (Å²) >= 11 is 1.77. The molecule has 0 N–H and O–H groups in total. The van der Waals surface area contributed by atoms with Gasteiger partial charge in [-0.2, -0.15) is 0 Å². The van der Waals surface area contributed by atoms with Crippen LogP contribution in [0.5, 0.6) is 0 Å². The number of carbonyl (C=O) groups is 1. The van der Waals surface area contributed by atoms with Crippen LogP contribution in [0.1, 0.15) is 36.1 Å². The van der Waals surface area contributed by atoms with Gasteiger partial charge >= 0.3 is 0 Å². The summed E-state index contributed by atoms with van der Waals surface area (Å²) in [5.41, 5.74) is 1.21. The predicted octanol–water partition coefficient (Wildman–Crippen LogP) is 1.96. The number of thiophene rings is 1. The van der Waals surface area contributed by atoms with E-state index in [2.05, 4.69) is 11.4 Å². The first-order valence-corrected chi connectivity index (χ1v) is 11.4. The second-order valence-electron chi connectivity index (χ2n) is 7.12. The lowest BCUT2D eigenvalue weighted by Gasteiger charge is -2.44. The van der Waals surface area contributed by atoms with Gasteiger partial charge in [-0.05, 0) is 49.1 Å². The van der Waals surface area contributed by atoms with Gasteiger partial charge in [0, 0.05) is 23.9 Å². The Kier molecular flexibility index (Phi) is 4.21. The van der Waals surface area contributed by atoms with Gasteiger partial charge in [-0.25, -0.2) is 8.42 Å². The van der Waals surface area contributed by atoms with E-state index < -0.39 is 9.84 Å². The van der Waals surface area contributed by atoms with Gasteiger partial charge in [0.1, 0.15) is 15.4 Å². The molecule has 1 aromatic rings. The number of amides is 1. The molecule has 4 heterocycles. The minimum absolute atomic E-state index is 0.118. The minimum atomic E-state index is -2.92. The predicted molar refractivity (Wildman–Crippen MR) is 92.8 cm³/mol. The molecule has 0 atom stereocenters. The second kappa shape index (κ2) is 6.11. The first kappa shape index (κ1) is 16.5. The van der Waals surface area contributed by atoms with Crippen LogP contribution >= 0.6 is 11.3 Å². The number of carbonyl (C=O) groups excluding carboxylic acids is 1. The highest BCUT2D eigenvalue weighted by Crippen LogP contribution is 2.44. The SMILES string of the molecule is O=C(C1CCS(=O)(=O)CC1)N1CCC2(CC1)OCCc1ccsc12. The molecule has 3 aliphatic heterocycles. The molecule has 3 aliphatic rings. The third-order valence-electron chi connectivity index (χ3n) is 5.70. The number of rotatable bonds is 1. The second-order valence-corrected chi connectivity index (χ2v) is 10.3. The van der Waals surface area contributed by atoms with E-state index in [1.165, 1.54) is 10.4 Å². The number of nitrogens with zero attached hydrogens (tertiary/aromatic N) is 1. The maximum Gasteiger partial charge on any atom is 0.225 e. The molecule has 7 heteroatoms. The first-order chi connectivity index (χ1) is 11.5. The Bertz CT molecular complexity index is 718. The molecule has 0 bridgehead atoms. The Morgan fingerprint density at radius 2 is 1.96 bits per heavy atom. The molecule has 1 aromatic heterocycles. The summed E-state index contributed by atoms with van der Waals surface area (Å²) in [4.78, 5) is 16.0. The number of likely N-dealkylation sites (tertiary alicyclic amines) is 1. The summed E-state index contributed by atoms with van der Waals surface area (Å²) in [6, 6.07) is 2.20. The van der Waals surface area contributed by atoms with Crippen LogP contribution in [0.4, 0.5) is 0 Å². The van der Waals surface area contributed by atoms with Gasteiger partial charge in [0.2, 0.25) is 5.91 Å². The van der Waals surface area contributed by atoms with Crippen LogP contribution in [0.25, 0.3) is 0 Å². The fourth-order valence-electron chi connectivity index (χ4n) is 4.21. The molecular weight excluding hydrogens is 346 g/mol. The summed E-state index contributed by atoms with van der Waals surface area (Å²) in [7, 11) is -2.92. The van der Waals surface area contributed by atoms with Crippen molar-refractivity contribution >= 4 is 27.1 Å². The van der Waals surface area contributed by atoms with Crippen molar-refractivity contribution in [3.63, 3.8) is 0 Å². The summed E-state index contributed by atoms with van der Waals surface area (Å²) in [6.45, 7) is 2.18. The highest BCUT2D eigenvalue weighted by molar-refractivity contribution is 7.91. The zero-order chi connectivity index (χ0) is 16.8.